The summed E-state index contributed by atoms with van der Waals surface area (Å²) in [6.45, 7) is 0. The molecule has 80 valence electrons. The molecule has 0 spiro atoms. The van der Waals surface area contributed by atoms with Crippen molar-refractivity contribution < 1.29 is 14.6 Å². The summed E-state index contributed by atoms with van der Waals surface area (Å²) < 4.78 is 5.21. The van der Waals surface area contributed by atoms with E-state index in [2.05, 4.69) is 0 Å². The second-order valence-corrected chi connectivity index (χ2v) is 3.86. The monoisotopic (exact) mass is 206 g/mol. The molecular formula is C12H14O3. The molecule has 1 N–H and O–H groups in total. The third-order valence-corrected chi connectivity index (χ3v) is 2.84. The number of carboxylic acids is 1. The summed E-state index contributed by atoms with van der Waals surface area (Å²) in [6.07, 6.45) is 3.34. The van der Waals surface area contributed by atoms with Crippen LogP contribution in [0, 0.1) is 0 Å². The lowest BCUT2D eigenvalue weighted by Crippen LogP contribution is -2.03. The number of fused-ring (bicyclic) bond motifs is 1. The minimum absolute atomic E-state index is 0.0381. The first-order valence-electron chi connectivity index (χ1n) is 5.11. The highest BCUT2D eigenvalue weighted by Crippen LogP contribution is 2.30. The van der Waals surface area contributed by atoms with Crippen molar-refractivity contribution in [3.63, 3.8) is 0 Å². The van der Waals surface area contributed by atoms with Gasteiger partial charge in [-0.25, -0.2) is 0 Å². The number of methoxy groups -OCH3 is 1. The smallest absolute Gasteiger partial charge is 0.307 e. The van der Waals surface area contributed by atoms with Crippen LogP contribution < -0.4 is 4.74 Å². The van der Waals surface area contributed by atoms with Gasteiger partial charge in [-0.15, -0.1) is 0 Å². The van der Waals surface area contributed by atoms with Gasteiger partial charge in [-0.05, 0) is 36.5 Å². The molecule has 0 amide bonds. The van der Waals surface area contributed by atoms with Gasteiger partial charge >= 0.3 is 5.97 Å². The number of hydrogen-bond acceptors (Lipinski definition) is 2. The lowest BCUT2D eigenvalue weighted by atomic mass is 10.0. The van der Waals surface area contributed by atoms with Crippen molar-refractivity contribution in [3.05, 3.63) is 28.8 Å². The van der Waals surface area contributed by atoms with E-state index in [4.69, 9.17) is 9.84 Å². The van der Waals surface area contributed by atoms with Gasteiger partial charge in [0.15, 0.2) is 0 Å². The molecule has 0 unspecified atom stereocenters. The quantitative estimate of drug-likeness (QED) is 0.820. The first-order chi connectivity index (χ1) is 7.20. The topological polar surface area (TPSA) is 46.5 Å². The van der Waals surface area contributed by atoms with Crippen LogP contribution in [0.5, 0.6) is 5.75 Å². The van der Waals surface area contributed by atoms with Gasteiger partial charge in [0.05, 0.1) is 13.5 Å². The third kappa shape index (κ3) is 1.96. The van der Waals surface area contributed by atoms with Crippen LogP contribution in [0.2, 0.25) is 0 Å². The van der Waals surface area contributed by atoms with Crippen LogP contribution in [0.4, 0.5) is 0 Å². The highest BCUT2D eigenvalue weighted by Gasteiger charge is 2.16. The zero-order chi connectivity index (χ0) is 10.8. The summed E-state index contributed by atoms with van der Waals surface area (Å²) in [6, 6.07) is 3.97. The molecule has 1 aliphatic rings. The molecule has 0 saturated carbocycles. The molecule has 0 aromatic heterocycles. The van der Waals surface area contributed by atoms with Crippen LogP contribution in [0.1, 0.15) is 23.1 Å². The highest BCUT2D eigenvalue weighted by atomic mass is 16.5. The van der Waals surface area contributed by atoms with Gasteiger partial charge in [0.1, 0.15) is 5.75 Å². The molecule has 0 atom stereocenters. The van der Waals surface area contributed by atoms with Crippen molar-refractivity contribution >= 4 is 5.97 Å². The van der Waals surface area contributed by atoms with Crippen molar-refractivity contribution in [1.29, 1.82) is 0 Å². The van der Waals surface area contributed by atoms with Gasteiger partial charge in [-0.3, -0.25) is 4.79 Å². The molecule has 3 heteroatoms. The van der Waals surface area contributed by atoms with E-state index in [-0.39, 0.29) is 6.42 Å². The van der Waals surface area contributed by atoms with Gasteiger partial charge in [0.2, 0.25) is 0 Å². The summed E-state index contributed by atoms with van der Waals surface area (Å²) in [5.74, 6) is -0.107. The minimum atomic E-state index is -0.814. The molecule has 3 nitrogen and oxygen atoms in total. The van der Waals surface area contributed by atoms with E-state index in [9.17, 15) is 4.79 Å². The number of carboxylic acid groups (broad SMARTS) is 1. The molecule has 0 radical (unpaired) electrons. The van der Waals surface area contributed by atoms with E-state index in [0.29, 0.717) is 5.75 Å². The van der Waals surface area contributed by atoms with Crippen molar-refractivity contribution in [3.8, 4) is 5.75 Å². The molecule has 1 aliphatic carbocycles. The van der Waals surface area contributed by atoms with Gasteiger partial charge in [-0.2, -0.15) is 0 Å². The van der Waals surface area contributed by atoms with Crippen LogP contribution in [0.25, 0.3) is 0 Å². The standard InChI is InChI=1S/C12H14O3/c1-15-11-6-9-4-2-3-8(9)5-10(11)7-12(13)14/h5-6H,2-4,7H2,1H3,(H,13,14). The molecule has 1 aromatic carbocycles. The van der Waals surface area contributed by atoms with Crippen molar-refractivity contribution in [1.82, 2.24) is 0 Å². The average molecular weight is 206 g/mol. The molecule has 2 rings (SSSR count). The molecule has 0 heterocycles. The Labute approximate surface area is 88.7 Å². The Balaban J connectivity index is 2.39. The maximum Gasteiger partial charge on any atom is 0.307 e. The Morgan fingerprint density at radius 1 is 1.40 bits per heavy atom. The van der Waals surface area contributed by atoms with Gasteiger partial charge in [-0.1, -0.05) is 6.07 Å². The summed E-state index contributed by atoms with van der Waals surface area (Å²) in [5, 5.41) is 8.78. The Morgan fingerprint density at radius 3 is 2.67 bits per heavy atom. The summed E-state index contributed by atoms with van der Waals surface area (Å²) in [4.78, 5) is 10.7. The number of benzene rings is 1. The summed E-state index contributed by atoms with van der Waals surface area (Å²) in [7, 11) is 1.59. The predicted molar refractivity (Wildman–Crippen MR) is 56.4 cm³/mol. The number of rotatable bonds is 3. The fraction of sp³-hybridized carbons (Fsp3) is 0.417. The van der Waals surface area contributed by atoms with Crippen LogP contribution in [0.3, 0.4) is 0 Å². The maximum atomic E-state index is 10.7. The number of ether oxygens (including phenoxy) is 1. The van der Waals surface area contributed by atoms with Crippen molar-refractivity contribution in [2.24, 2.45) is 0 Å². The Morgan fingerprint density at radius 2 is 2.07 bits per heavy atom. The minimum Gasteiger partial charge on any atom is -0.496 e. The van der Waals surface area contributed by atoms with E-state index in [1.807, 2.05) is 12.1 Å². The van der Waals surface area contributed by atoms with Crippen molar-refractivity contribution in [2.45, 2.75) is 25.7 Å². The Hall–Kier alpha value is -1.51. The fourth-order valence-electron chi connectivity index (χ4n) is 2.14. The summed E-state index contributed by atoms with van der Waals surface area (Å²) in [5.41, 5.74) is 3.37. The van der Waals surface area contributed by atoms with E-state index in [1.165, 1.54) is 11.1 Å². The Kier molecular flexibility index (Phi) is 2.62. The highest BCUT2D eigenvalue weighted by molar-refractivity contribution is 5.71. The van der Waals surface area contributed by atoms with Crippen molar-refractivity contribution in [2.75, 3.05) is 7.11 Å². The molecule has 0 saturated heterocycles. The number of carbonyl (C=O) groups is 1. The van der Waals surface area contributed by atoms with Crippen LogP contribution in [-0.2, 0) is 24.1 Å². The molecule has 0 fully saturated rings. The van der Waals surface area contributed by atoms with E-state index in [0.717, 1.165) is 24.8 Å². The van der Waals surface area contributed by atoms with Crippen LogP contribution >= 0.6 is 0 Å². The first kappa shape index (κ1) is 10.0. The van der Waals surface area contributed by atoms with E-state index < -0.39 is 5.97 Å². The molecule has 0 aliphatic heterocycles. The fourth-order valence-corrected chi connectivity index (χ4v) is 2.14. The second kappa shape index (κ2) is 3.93. The lowest BCUT2D eigenvalue weighted by molar-refractivity contribution is -0.136. The van der Waals surface area contributed by atoms with Gasteiger partial charge in [0, 0.05) is 5.56 Å². The van der Waals surface area contributed by atoms with E-state index in [1.54, 1.807) is 7.11 Å². The van der Waals surface area contributed by atoms with Gasteiger partial charge < -0.3 is 9.84 Å². The molecule has 1 aromatic rings. The Bertz CT molecular complexity index is 396. The predicted octanol–water partition coefficient (Wildman–Crippen LogP) is 1.81. The largest absolute Gasteiger partial charge is 0.496 e. The molecule has 0 bridgehead atoms. The van der Waals surface area contributed by atoms with Gasteiger partial charge in [0.25, 0.3) is 0 Å². The molecule has 15 heavy (non-hydrogen) atoms. The maximum absolute atomic E-state index is 10.7. The first-order valence-corrected chi connectivity index (χ1v) is 5.11. The normalized spacial score (nSPS) is 13.7. The van der Waals surface area contributed by atoms with Crippen LogP contribution in [-0.4, -0.2) is 18.2 Å². The third-order valence-electron chi connectivity index (χ3n) is 2.84. The lowest BCUT2D eigenvalue weighted by Gasteiger charge is -2.09. The zero-order valence-electron chi connectivity index (χ0n) is 8.75. The number of hydrogen-bond donors (Lipinski definition) is 1. The SMILES string of the molecule is COc1cc2c(cc1CC(=O)O)CCC2. The number of aliphatic carboxylic acids is 1. The van der Waals surface area contributed by atoms with Crippen LogP contribution in [0.15, 0.2) is 12.1 Å². The summed E-state index contributed by atoms with van der Waals surface area (Å²) >= 11 is 0. The molecular weight excluding hydrogens is 192 g/mol. The number of aryl methyl sites for hydroxylation is 2. The zero-order valence-corrected chi connectivity index (χ0v) is 8.75. The average Bonchev–Trinajstić information content (AvgIpc) is 2.62. The van der Waals surface area contributed by atoms with E-state index >= 15 is 0 Å². The second-order valence-electron chi connectivity index (χ2n) is 3.86.